The van der Waals surface area contributed by atoms with E-state index in [2.05, 4.69) is 4.90 Å². The molecule has 20 heavy (non-hydrogen) atoms. The highest BCUT2D eigenvalue weighted by Crippen LogP contribution is 2.24. The van der Waals surface area contributed by atoms with Crippen LogP contribution in [-0.2, 0) is 4.74 Å². The van der Waals surface area contributed by atoms with Crippen LogP contribution in [0.5, 0.6) is 0 Å². The molecule has 0 amide bonds. The Labute approximate surface area is 127 Å². The van der Waals surface area contributed by atoms with Crippen molar-refractivity contribution in [3.8, 4) is 0 Å². The van der Waals surface area contributed by atoms with Crippen LogP contribution >= 0.6 is 12.4 Å². The number of morpholine rings is 1. The minimum absolute atomic E-state index is 0. The molecule has 0 N–H and O–H groups in total. The largest absolute Gasteiger partial charge is 0.469 e. The first-order chi connectivity index (χ1) is 9.43. The molecule has 1 aliphatic heterocycles. The zero-order chi connectivity index (χ0) is 12.9. The van der Waals surface area contributed by atoms with Crippen LogP contribution in [0.2, 0.25) is 0 Å². The minimum Gasteiger partial charge on any atom is -0.469 e. The summed E-state index contributed by atoms with van der Waals surface area (Å²) >= 11 is 0. The van der Waals surface area contributed by atoms with Gasteiger partial charge in [-0.2, -0.15) is 0 Å². The molecule has 0 saturated carbocycles. The molecule has 2 aromatic heterocycles. The molecule has 0 aromatic carbocycles. The third-order valence-electron chi connectivity index (χ3n) is 3.28. The fourth-order valence-electron chi connectivity index (χ4n) is 2.23. The standard InChI is InChI=1S/C14H17NO3Si.ClH/c1-3-12(17-7-1)14(13-4-2-8-18-13)19-11-15-5-9-16-10-6-15;/h1-4,7-8,14H,5-6,9-11H2;1H. The van der Waals surface area contributed by atoms with Crippen LogP contribution in [0.3, 0.4) is 0 Å². The van der Waals surface area contributed by atoms with Gasteiger partial charge >= 0.3 is 0 Å². The minimum atomic E-state index is 0. The van der Waals surface area contributed by atoms with Gasteiger partial charge in [-0.25, -0.2) is 0 Å². The van der Waals surface area contributed by atoms with Crippen molar-refractivity contribution >= 4 is 21.9 Å². The molecule has 1 saturated heterocycles. The average molecular weight is 312 g/mol. The molecular weight excluding hydrogens is 294 g/mol. The van der Waals surface area contributed by atoms with Gasteiger partial charge in [0, 0.05) is 13.1 Å². The molecule has 0 aliphatic carbocycles. The molecule has 108 valence electrons. The number of halogens is 1. The smallest absolute Gasteiger partial charge is 0.111 e. The summed E-state index contributed by atoms with van der Waals surface area (Å²) in [6, 6.07) is 7.92. The Morgan fingerprint density at radius 3 is 2.15 bits per heavy atom. The van der Waals surface area contributed by atoms with E-state index in [1.807, 2.05) is 24.3 Å². The van der Waals surface area contributed by atoms with Crippen molar-refractivity contribution in [3.05, 3.63) is 48.3 Å². The maximum absolute atomic E-state index is 5.56. The van der Waals surface area contributed by atoms with Crippen LogP contribution in [-0.4, -0.2) is 46.9 Å². The van der Waals surface area contributed by atoms with Crippen molar-refractivity contribution in [1.82, 2.24) is 4.90 Å². The van der Waals surface area contributed by atoms with Crippen LogP contribution < -0.4 is 0 Å². The number of furan rings is 2. The molecule has 0 bridgehead atoms. The molecule has 3 rings (SSSR count). The van der Waals surface area contributed by atoms with Crippen LogP contribution in [0.1, 0.15) is 17.1 Å². The van der Waals surface area contributed by atoms with E-state index in [1.54, 1.807) is 12.5 Å². The van der Waals surface area contributed by atoms with E-state index >= 15 is 0 Å². The predicted octanol–water partition coefficient (Wildman–Crippen LogP) is 2.38. The first-order valence-electron chi connectivity index (χ1n) is 6.54. The molecule has 2 aromatic rings. The van der Waals surface area contributed by atoms with Gasteiger partial charge in [-0.15, -0.1) is 12.4 Å². The summed E-state index contributed by atoms with van der Waals surface area (Å²) in [6.45, 7) is 3.74. The van der Waals surface area contributed by atoms with E-state index in [0.29, 0.717) is 0 Å². The third kappa shape index (κ3) is 3.76. The summed E-state index contributed by atoms with van der Waals surface area (Å²) in [5, 5.41) is 0. The van der Waals surface area contributed by atoms with Gasteiger partial charge in [0.15, 0.2) is 0 Å². The van der Waals surface area contributed by atoms with Gasteiger partial charge in [0.2, 0.25) is 0 Å². The Hall–Kier alpha value is -1.01. The van der Waals surface area contributed by atoms with Crippen LogP contribution in [0, 0.1) is 0 Å². The quantitative estimate of drug-likeness (QED) is 0.795. The molecule has 0 unspecified atom stereocenters. The van der Waals surface area contributed by atoms with E-state index in [9.17, 15) is 0 Å². The lowest BCUT2D eigenvalue weighted by molar-refractivity contribution is 0.0461. The summed E-state index contributed by atoms with van der Waals surface area (Å²) in [5.74, 6) is 1.98. The van der Waals surface area contributed by atoms with E-state index < -0.39 is 0 Å². The highest BCUT2D eigenvalue weighted by molar-refractivity contribution is 6.39. The van der Waals surface area contributed by atoms with Crippen LogP contribution in [0.4, 0.5) is 0 Å². The Balaban J connectivity index is 0.00000147. The van der Waals surface area contributed by atoms with Crippen molar-refractivity contribution in [2.75, 3.05) is 32.5 Å². The Bertz CT molecular complexity index is 434. The number of nitrogens with zero attached hydrogens (tertiary/aromatic N) is 1. The van der Waals surface area contributed by atoms with Gasteiger partial charge in [0.1, 0.15) is 11.5 Å². The number of hydrogen-bond acceptors (Lipinski definition) is 4. The zero-order valence-electron chi connectivity index (χ0n) is 11.2. The van der Waals surface area contributed by atoms with E-state index in [0.717, 1.165) is 53.5 Å². The first-order valence-corrected chi connectivity index (χ1v) is 7.82. The van der Waals surface area contributed by atoms with Gasteiger partial charge in [-0.3, -0.25) is 0 Å². The molecule has 1 fully saturated rings. The number of hydrogen-bond donors (Lipinski definition) is 0. The van der Waals surface area contributed by atoms with Gasteiger partial charge in [-0.1, -0.05) is 0 Å². The van der Waals surface area contributed by atoms with E-state index in [4.69, 9.17) is 13.6 Å². The SMILES string of the molecule is Cl.c1coc(C([Si]CN2CCOCC2)c2ccco2)c1. The Kier molecular flexibility index (Phi) is 5.91. The van der Waals surface area contributed by atoms with Gasteiger partial charge in [0.05, 0.1) is 40.8 Å². The molecule has 0 atom stereocenters. The second-order valence-electron chi connectivity index (χ2n) is 4.56. The van der Waals surface area contributed by atoms with Gasteiger partial charge < -0.3 is 18.5 Å². The third-order valence-corrected chi connectivity index (χ3v) is 4.89. The summed E-state index contributed by atoms with van der Waals surface area (Å²) in [7, 11) is 0.726. The molecule has 3 heterocycles. The monoisotopic (exact) mass is 311 g/mol. The highest BCUT2D eigenvalue weighted by Gasteiger charge is 2.22. The number of rotatable bonds is 5. The lowest BCUT2D eigenvalue weighted by Crippen LogP contribution is -2.39. The normalized spacial score (nSPS) is 16.2. The molecule has 2 radical (unpaired) electrons. The second kappa shape index (κ2) is 7.69. The fraction of sp³-hybridized carbons (Fsp3) is 0.429. The van der Waals surface area contributed by atoms with E-state index in [-0.39, 0.29) is 17.9 Å². The topological polar surface area (TPSA) is 38.8 Å². The molecule has 4 nitrogen and oxygen atoms in total. The van der Waals surface area contributed by atoms with E-state index in [1.165, 1.54) is 0 Å². The lowest BCUT2D eigenvalue weighted by Gasteiger charge is -2.27. The molecular formula is C14H18ClNO3Si. The number of ether oxygens (including phenoxy) is 1. The lowest BCUT2D eigenvalue weighted by atomic mass is 10.2. The summed E-state index contributed by atoms with van der Waals surface area (Å²) in [6.07, 6.45) is 4.52. The Morgan fingerprint density at radius 1 is 1.05 bits per heavy atom. The maximum Gasteiger partial charge on any atom is 0.111 e. The van der Waals surface area contributed by atoms with Crippen molar-refractivity contribution in [3.63, 3.8) is 0 Å². The summed E-state index contributed by atoms with van der Waals surface area (Å²) in [5.41, 5.74) is 0.229. The zero-order valence-corrected chi connectivity index (χ0v) is 13.0. The second-order valence-corrected chi connectivity index (χ2v) is 5.86. The van der Waals surface area contributed by atoms with Gasteiger partial charge in [-0.05, 0) is 30.4 Å². The molecule has 6 heteroatoms. The Morgan fingerprint density at radius 2 is 1.65 bits per heavy atom. The predicted molar refractivity (Wildman–Crippen MR) is 79.5 cm³/mol. The first kappa shape index (κ1) is 15.4. The average Bonchev–Trinajstić information content (AvgIpc) is 3.13. The molecule has 0 spiro atoms. The summed E-state index contributed by atoms with van der Waals surface area (Å²) in [4.78, 5) is 2.45. The summed E-state index contributed by atoms with van der Waals surface area (Å²) < 4.78 is 16.5. The van der Waals surface area contributed by atoms with Gasteiger partial charge in [0.25, 0.3) is 0 Å². The fourth-order valence-corrected chi connectivity index (χ4v) is 3.72. The highest BCUT2D eigenvalue weighted by atomic mass is 35.5. The van der Waals surface area contributed by atoms with Crippen LogP contribution in [0.15, 0.2) is 45.6 Å². The van der Waals surface area contributed by atoms with Crippen molar-refractivity contribution in [1.29, 1.82) is 0 Å². The van der Waals surface area contributed by atoms with Crippen LogP contribution in [0.25, 0.3) is 0 Å². The van der Waals surface area contributed by atoms with Crippen molar-refractivity contribution in [2.45, 2.75) is 5.54 Å². The maximum atomic E-state index is 5.56. The molecule has 1 aliphatic rings. The van der Waals surface area contributed by atoms with Crippen molar-refractivity contribution < 1.29 is 13.6 Å². The van der Waals surface area contributed by atoms with Crippen molar-refractivity contribution in [2.24, 2.45) is 0 Å².